The van der Waals surface area contributed by atoms with E-state index in [1.165, 1.54) is 0 Å². The first-order chi connectivity index (χ1) is 9.22. The van der Waals surface area contributed by atoms with Crippen molar-refractivity contribution in [2.75, 3.05) is 39.9 Å². The van der Waals surface area contributed by atoms with Crippen LogP contribution in [0.15, 0.2) is 0 Å². The minimum atomic E-state index is -0.108. The second kappa shape index (κ2) is 6.71. The summed E-state index contributed by atoms with van der Waals surface area (Å²) in [5.74, 6) is 1.04. The summed E-state index contributed by atoms with van der Waals surface area (Å²) in [6.07, 6.45) is 5.31. The molecule has 4 heteroatoms. The van der Waals surface area contributed by atoms with Crippen LogP contribution in [0.3, 0.4) is 0 Å². The summed E-state index contributed by atoms with van der Waals surface area (Å²) in [6, 6.07) is 0. The number of carbonyl (C=O) groups is 1. The minimum absolute atomic E-state index is 0.108. The van der Waals surface area contributed by atoms with E-state index in [0.717, 1.165) is 64.9 Å². The topological polar surface area (TPSA) is 41.6 Å². The molecule has 0 radical (unpaired) electrons. The van der Waals surface area contributed by atoms with Crippen LogP contribution in [0.5, 0.6) is 0 Å². The molecule has 0 saturated carbocycles. The van der Waals surface area contributed by atoms with E-state index in [9.17, 15) is 4.79 Å². The molecule has 2 saturated heterocycles. The minimum Gasteiger partial charge on any atom is -0.384 e. The smallest absolute Gasteiger partial charge is 0.230 e. The number of likely N-dealkylation sites (tertiary alicyclic amines) is 1. The average Bonchev–Trinajstić information content (AvgIpc) is 2.89. The third-order valence-corrected chi connectivity index (χ3v) is 4.73. The first-order valence-electron chi connectivity index (χ1n) is 7.71. The normalized spacial score (nSPS) is 28.8. The lowest BCUT2D eigenvalue weighted by atomic mass is 9.80. The second-order valence-electron chi connectivity index (χ2n) is 6.15. The van der Waals surface area contributed by atoms with E-state index in [1.807, 2.05) is 0 Å². The molecule has 0 aromatic heterocycles. The summed E-state index contributed by atoms with van der Waals surface area (Å²) in [4.78, 5) is 14.9. The average molecular weight is 268 g/mol. The second-order valence-corrected chi connectivity index (χ2v) is 6.15. The number of nitrogens with one attached hydrogen (secondary N) is 1. The molecule has 2 fully saturated rings. The van der Waals surface area contributed by atoms with Crippen LogP contribution in [-0.2, 0) is 9.53 Å². The van der Waals surface area contributed by atoms with Gasteiger partial charge in [0.05, 0.1) is 5.41 Å². The van der Waals surface area contributed by atoms with Crippen LogP contribution in [0.4, 0.5) is 0 Å². The lowest BCUT2D eigenvalue weighted by Gasteiger charge is -2.38. The Labute approximate surface area is 116 Å². The number of amides is 1. The van der Waals surface area contributed by atoms with Crippen LogP contribution in [0, 0.1) is 11.3 Å². The number of rotatable bonds is 5. The van der Waals surface area contributed by atoms with E-state index >= 15 is 0 Å². The Morgan fingerprint density at radius 3 is 2.68 bits per heavy atom. The first kappa shape index (κ1) is 14.8. The molecule has 19 heavy (non-hydrogen) atoms. The molecule has 1 atom stereocenters. The van der Waals surface area contributed by atoms with Crippen molar-refractivity contribution in [1.29, 1.82) is 0 Å². The number of nitrogens with zero attached hydrogens (tertiary/aromatic N) is 1. The maximum absolute atomic E-state index is 12.8. The van der Waals surface area contributed by atoms with Crippen LogP contribution in [0.25, 0.3) is 0 Å². The number of methoxy groups -OCH3 is 1. The molecule has 4 nitrogen and oxygen atoms in total. The van der Waals surface area contributed by atoms with E-state index in [2.05, 4.69) is 17.1 Å². The Morgan fingerprint density at radius 2 is 2.16 bits per heavy atom. The Kier molecular flexibility index (Phi) is 5.22. The Balaban J connectivity index is 1.92. The number of hydrogen-bond donors (Lipinski definition) is 1. The van der Waals surface area contributed by atoms with E-state index in [0.29, 0.717) is 11.8 Å². The summed E-state index contributed by atoms with van der Waals surface area (Å²) in [7, 11) is 1.76. The van der Waals surface area contributed by atoms with Crippen molar-refractivity contribution in [3.63, 3.8) is 0 Å². The highest BCUT2D eigenvalue weighted by molar-refractivity contribution is 5.83. The maximum Gasteiger partial charge on any atom is 0.230 e. The number of hydrogen-bond acceptors (Lipinski definition) is 3. The number of carbonyl (C=O) groups excluding carboxylic acids is 1. The van der Waals surface area contributed by atoms with E-state index < -0.39 is 0 Å². The van der Waals surface area contributed by atoms with Gasteiger partial charge in [-0.25, -0.2) is 0 Å². The fourth-order valence-electron chi connectivity index (χ4n) is 3.60. The molecule has 1 amide bonds. The van der Waals surface area contributed by atoms with E-state index in [-0.39, 0.29) is 5.41 Å². The lowest BCUT2D eigenvalue weighted by Crippen LogP contribution is -2.48. The Morgan fingerprint density at radius 1 is 1.42 bits per heavy atom. The predicted octanol–water partition coefficient (Wildman–Crippen LogP) is 1.65. The van der Waals surface area contributed by atoms with E-state index in [4.69, 9.17) is 4.74 Å². The van der Waals surface area contributed by atoms with Crippen molar-refractivity contribution in [2.45, 2.75) is 39.0 Å². The van der Waals surface area contributed by atoms with Gasteiger partial charge in [0.2, 0.25) is 5.91 Å². The van der Waals surface area contributed by atoms with Gasteiger partial charge in [-0.05, 0) is 38.1 Å². The third kappa shape index (κ3) is 3.29. The standard InChI is InChI=1S/C15H28N2O2/c1-3-6-15(7-8-16-12-15)14(18)17-9-4-13(5-10-17)11-19-2/h13,16H,3-12H2,1-2H3. The highest BCUT2D eigenvalue weighted by Crippen LogP contribution is 2.34. The Hall–Kier alpha value is -0.610. The molecule has 2 rings (SSSR count). The molecule has 0 aliphatic carbocycles. The van der Waals surface area contributed by atoms with Gasteiger partial charge in [0.25, 0.3) is 0 Å². The summed E-state index contributed by atoms with van der Waals surface area (Å²) in [5.41, 5.74) is -0.108. The lowest BCUT2D eigenvalue weighted by molar-refractivity contribution is -0.143. The SMILES string of the molecule is CCCC1(C(=O)N2CCC(COC)CC2)CCNC1. The van der Waals surface area contributed by atoms with Crippen molar-refractivity contribution in [3.8, 4) is 0 Å². The highest BCUT2D eigenvalue weighted by Gasteiger charge is 2.43. The molecule has 0 aromatic carbocycles. The summed E-state index contributed by atoms with van der Waals surface area (Å²) >= 11 is 0. The van der Waals surface area contributed by atoms with Gasteiger partial charge < -0.3 is 15.0 Å². The predicted molar refractivity (Wildman–Crippen MR) is 76.0 cm³/mol. The molecule has 1 unspecified atom stereocenters. The van der Waals surface area contributed by atoms with Crippen LogP contribution < -0.4 is 5.32 Å². The molecule has 2 aliphatic rings. The van der Waals surface area contributed by atoms with Gasteiger partial charge >= 0.3 is 0 Å². The molecule has 1 N–H and O–H groups in total. The zero-order valence-corrected chi connectivity index (χ0v) is 12.4. The third-order valence-electron chi connectivity index (χ3n) is 4.73. The molecule has 2 aliphatic heterocycles. The van der Waals surface area contributed by atoms with E-state index in [1.54, 1.807) is 7.11 Å². The quantitative estimate of drug-likeness (QED) is 0.824. The molecule has 2 heterocycles. The van der Waals surface area contributed by atoms with Crippen LogP contribution >= 0.6 is 0 Å². The molecular formula is C15H28N2O2. The molecule has 0 aromatic rings. The van der Waals surface area contributed by atoms with Crippen molar-refractivity contribution in [1.82, 2.24) is 10.2 Å². The monoisotopic (exact) mass is 268 g/mol. The highest BCUT2D eigenvalue weighted by atomic mass is 16.5. The molecular weight excluding hydrogens is 240 g/mol. The first-order valence-corrected chi connectivity index (χ1v) is 7.71. The van der Waals surface area contributed by atoms with Gasteiger partial charge in [-0.2, -0.15) is 0 Å². The summed E-state index contributed by atoms with van der Waals surface area (Å²) < 4.78 is 5.22. The number of piperidine rings is 1. The van der Waals surface area contributed by atoms with Crippen LogP contribution in [0.1, 0.15) is 39.0 Å². The maximum atomic E-state index is 12.8. The summed E-state index contributed by atoms with van der Waals surface area (Å²) in [6.45, 7) is 6.71. The fourth-order valence-corrected chi connectivity index (χ4v) is 3.60. The van der Waals surface area contributed by atoms with Crippen molar-refractivity contribution >= 4 is 5.91 Å². The largest absolute Gasteiger partial charge is 0.384 e. The van der Waals surface area contributed by atoms with Gasteiger partial charge in [0, 0.05) is 33.4 Å². The zero-order chi connectivity index (χ0) is 13.7. The summed E-state index contributed by atoms with van der Waals surface area (Å²) in [5, 5.41) is 3.38. The van der Waals surface area contributed by atoms with Gasteiger partial charge in [0.1, 0.15) is 0 Å². The fraction of sp³-hybridized carbons (Fsp3) is 0.933. The van der Waals surface area contributed by atoms with Gasteiger partial charge in [-0.3, -0.25) is 4.79 Å². The van der Waals surface area contributed by atoms with Gasteiger partial charge in [-0.15, -0.1) is 0 Å². The van der Waals surface area contributed by atoms with Crippen molar-refractivity contribution in [3.05, 3.63) is 0 Å². The van der Waals surface area contributed by atoms with Crippen molar-refractivity contribution < 1.29 is 9.53 Å². The molecule has 0 spiro atoms. The van der Waals surface area contributed by atoms with Crippen molar-refractivity contribution in [2.24, 2.45) is 11.3 Å². The molecule has 110 valence electrons. The van der Waals surface area contributed by atoms with Crippen LogP contribution in [0.2, 0.25) is 0 Å². The zero-order valence-electron chi connectivity index (χ0n) is 12.4. The Bertz CT molecular complexity index is 293. The number of ether oxygens (including phenoxy) is 1. The molecule has 0 bridgehead atoms. The van der Waals surface area contributed by atoms with Gasteiger partial charge in [0.15, 0.2) is 0 Å². The van der Waals surface area contributed by atoms with Crippen LogP contribution in [-0.4, -0.2) is 50.7 Å². The van der Waals surface area contributed by atoms with Gasteiger partial charge in [-0.1, -0.05) is 13.3 Å².